The quantitative estimate of drug-likeness (QED) is 0.540. The number of aromatic amines is 1. The third kappa shape index (κ3) is 5.50. The maximum Gasteiger partial charge on any atom is 0.253 e. The number of halogens is 1. The van der Waals surface area contributed by atoms with Gasteiger partial charge in [0.05, 0.1) is 6.54 Å². The number of hydrogen-bond donors (Lipinski definition) is 2. The van der Waals surface area contributed by atoms with Gasteiger partial charge in [-0.15, -0.1) is 0 Å². The van der Waals surface area contributed by atoms with Crippen molar-refractivity contribution in [1.82, 2.24) is 15.2 Å². The number of rotatable bonds is 5. The van der Waals surface area contributed by atoms with Crippen molar-refractivity contribution in [3.05, 3.63) is 81.4 Å². The summed E-state index contributed by atoms with van der Waals surface area (Å²) in [6, 6.07) is 14.7. The van der Waals surface area contributed by atoms with Crippen molar-refractivity contribution in [3.8, 4) is 0 Å². The lowest BCUT2D eigenvalue weighted by Gasteiger charge is -2.31. The fraction of sp³-hybridized carbons (Fsp3) is 0.360. The van der Waals surface area contributed by atoms with Crippen LogP contribution in [-0.4, -0.2) is 21.0 Å². The summed E-state index contributed by atoms with van der Waals surface area (Å²) in [7, 11) is 0. The molecule has 0 unspecified atom stereocenters. The molecular weight excluding hydrogens is 409 g/mol. The van der Waals surface area contributed by atoms with Gasteiger partial charge in [-0.2, -0.15) is 0 Å². The van der Waals surface area contributed by atoms with Crippen molar-refractivity contribution in [2.45, 2.75) is 58.2 Å². The number of thiocarbonyl (C=S) groups is 1. The van der Waals surface area contributed by atoms with E-state index < -0.39 is 0 Å². The third-order valence-electron chi connectivity index (χ3n) is 5.94. The summed E-state index contributed by atoms with van der Waals surface area (Å²) < 4.78 is 13.4. The molecule has 1 fully saturated rings. The molecule has 31 heavy (non-hydrogen) atoms. The molecule has 0 aliphatic heterocycles. The molecule has 1 saturated carbocycles. The lowest BCUT2D eigenvalue weighted by atomic mass is 9.96. The minimum atomic E-state index is -0.264. The summed E-state index contributed by atoms with van der Waals surface area (Å²) in [5.41, 5.74) is 3.46. The van der Waals surface area contributed by atoms with Gasteiger partial charge in [0.25, 0.3) is 5.56 Å². The summed E-state index contributed by atoms with van der Waals surface area (Å²) in [5, 5.41) is 5.15. The maximum absolute atomic E-state index is 13.4. The molecule has 0 saturated heterocycles. The van der Waals surface area contributed by atoms with Crippen LogP contribution in [0, 0.1) is 12.7 Å². The molecule has 0 radical (unpaired) electrons. The van der Waals surface area contributed by atoms with Crippen molar-refractivity contribution in [2.24, 2.45) is 0 Å². The normalized spacial score (nSPS) is 14.5. The standard InChI is InChI=1S/C25H28FN3OS/c1-17-7-12-23-19(13-17)14-20(24(30)28-23)16-29(15-18-8-10-21(26)11-9-18)25(31)27-22-5-3-2-4-6-22/h7-14,22H,2-6,15-16H2,1H3,(H,27,31)(H,28,30). The molecule has 2 N–H and O–H groups in total. The predicted molar refractivity (Wildman–Crippen MR) is 128 cm³/mol. The summed E-state index contributed by atoms with van der Waals surface area (Å²) in [5.74, 6) is -0.264. The highest BCUT2D eigenvalue weighted by Crippen LogP contribution is 2.19. The van der Waals surface area contributed by atoms with Gasteiger partial charge >= 0.3 is 0 Å². The summed E-state index contributed by atoms with van der Waals surface area (Å²) in [4.78, 5) is 17.8. The fourth-order valence-corrected chi connectivity index (χ4v) is 4.51. The van der Waals surface area contributed by atoms with Gasteiger partial charge in [-0.25, -0.2) is 4.39 Å². The third-order valence-corrected chi connectivity index (χ3v) is 6.32. The molecule has 1 heterocycles. The van der Waals surface area contributed by atoms with E-state index in [1.54, 1.807) is 12.1 Å². The second-order valence-corrected chi connectivity index (χ2v) is 8.87. The van der Waals surface area contributed by atoms with Crippen LogP contribution in [0.15, 0.2) is 53.3 Å². The van der Waals surface area contributed by atoms with Gasteiger partial charge in [0, 0.05) is 23.7 Å². The molecule has 6 heteroatoms. The Morgan fingerprint density at radius 3 is 2.58 bits per heavy atom. The van der Waals surface area contributed by atoms with Crippen molar-refractivity contribution < 1.29 is 4.39 Å². The van der Waals surface area contributed by atoms with Gasteiger partial charge in [0.2, 0.25) is 0 Å². The number of nitrogens with one attached hydrogen (secondary N) is 2. The van der Waals surface area contributed by atoms with Crippen molar-refractivity contribution in [1.29, 1.82) is 0 Å². The topological polar surface area (TPSA) is 48.1 Å². The number of H-pyrrole nitrogens is 1. The number of aryl methyl sites for hydroxylation is 1. The number of hydrogen-bond acceptors (Lipinski definition) is 2. The molecule has 4 nitrogen and oxygen atoms in total. The Hall–Kier alpha value is -2.73. The van der Waals surface area contributed by atoms with Gasteiger partial charge in [0.1, 0.15) is 5.82 Å². The highest BCUT2D eigenvalue weighted by Gasteiger charge is 2.19. The van der Waals surface area contributed by atoms with Crippen molar-refractivity contribution in [3.63, 3.8) is 0 Å². The van der Waals surface area contributed by atoms with Gasteiger partial charge in [-0.05, 0) is 73.3 Å². The van der Waals surface area contributed by atoms with Crippen LogP contribution in [0.3, 0.4) is 0 Å². The second-order valence-electron chi connectivity index (χ2n) is 8.48. The highest BCUT2D eigenvalue weighted by atomic mass is 32.1. The molecule has 2 aromatic carbocycles. The van der Waals surface area contributed by atoms with Crippen LogP contribution in [0.1, 0.15) is 48.8 Å². The first-order valence-corrected chi connectivity index (χ1v) is 11.3. The monoisotopic (exact) mass is 437 g/mol. The molecule has 3 aromatic rings. The SMILES string of the molecule is Cc1ccc2[nH]c(=O)c(CN(Cc3ccc(F)cc3)C(=S)NC3CCCCC3)cc2c1. The van der Waals surface area contributed by atoms with Crippen molar-refractivity contribution in [2.75, 3.05) is 0 Å². The Morgan fingerprint density at radius 1 is 1.10 bits per heavy atom. The Morgan fingerprint density at radius 2 is 1.84 bits per heavy atom. The second kappa shape index (κ2) is 9.60. The Kier molecular flexibility index (Phi) is 6.66. The van der Waals surface area contributed by atoms with Crippen LogP contribution < -0.4 is 10.9 Å². The van der Waals surface area contributed by atoms with E-state index in [9.17, 15) is 9.18 Å². The molecule has 0 bridgehead atoms. The zero-order valence-corrected chi connectivity index (χ0v) is 18.6. The first-order valence-electron chi connectivity index (χ1n) is 10.9. The minimum absolute atomic E-state index is 0.110. The molecule has 0 atom stereocenters. The number of benzene rings is 2. The number of pyridine rings is 1. The Balaban J connectivity index is 1.60. The zero-order chi connectivity index (χ0) is 21.8. The first-order chi connectivity index (χ1) is 15.0. The largest absolute Gasteiger partial charge is 0.360 e. The van der Waals surface area contributed by atoms with Gasteiger partial charge < -0.3 is 15.2 Å². The molecule has 0 amide bonds. The van der Waals surface area contributed by atoms with Crippen LogP contribution in [0.4, 0.5) is 4.39 Å². The molecule has 1 aliphatic rings. The lowest BCUT2D eigenvalue weighted by Crippen LogP contribution is -2.45. The zero-order valence-electron chi connectivity index (χ0n) is 17.8. The molecule has 1 aliphatic carbocycles. The van der Waals surface area contributed by atoms with Gasteiger partial charge in [-0.1, -0.05) is 43.0 Å². The lowest BCUT2D eigenvalue weighted by molar-refractivity contribution is 0.362. The highest BCUT2D eigenvalue weighted by molar-refractivity contribution is 7.80. The Labute approximate surface area is 187 Å². The Bertz CT molecular complexity index is 1120. The van der Waals surface area contributed by atoms with Crippen molar-refractivity contribution >= 4 is 28.2 Å². The molecule has 162 valence electrons. The number of aromatic nitrogens is 1. The van der Waals surface area contributed by atoms with Gasteiger partial charge in [0.15, 0.2) is 5.11 Å². The predicted octanol–water partition coefficient (Wildman–Crippen LogP) is 5.19. The van der Waals surface area contributed by atoms with Crippen LogP contribution >= 0.6 is 12.2 Å². The summed E-state index contributed by atoms with van der Waals surface area (Å²) in [6.07, 6.45) is 5.92. The molecule has 1 aromatic heterocycles. The van der Waals surface area contributed by atoms with E-state index in [1.807, 2.05) is 30.0 Å². The minimum Gasteiger partial charge on any atom is -0.360 e. The van der Waals surface area contributed by atoms with E-state index in [4.69, 9.17) is 12.2 Å². The average Bonchev–Trinajstić information content (AvgIpc) is 2.76. The first kappa shape index (κ1) is 21.5. The van der Waals surface area contributed by atoms with E-state index in [2.05, 4.69) is 16.4 Å². The van der Waals surface area contributed by atoms with E-state index in [0.717, 1.165) is 34.9 Å². The molecular formula is C25H28FN3OS. The number of nitrogens with zero attached hydrogens (tertiary/aromatic N) is 1. The molecule has 4 rings (SSSR count). The van der Waals surface area contributed by atoms with E-state index >= 15 is 0 Å². The van der Waals surface area contributed by atoms with Crippen LogP contribution in [0.5, 0.6) is 0 Å². The summed E-state index contributed by atoms with van der Waals surface area (Å²) in [6.45, 7) is 2.92. The van der Waals surface area contributed by atoms with Crippen LogP contribution in [0.2, 0.25) is 0 Å². The maximum atomic E-state index is 13.4. The van der Waals surface area contributed by atoms with E-state index in [1.165, 1.54) is 31.4 Å². The number of fused-ring (bicyclic) bond motifs is 1. The van der Waals surface area contributed by atoms with E-state index in [-0.39, 0.29) is 11.4 Å². The molecule has 0 spiro atoms. The van der Waals surface area contributed by atoms with Crippen LogP contribution in [0.25, 0.3) is 10.9 Å². The summed E-state index contributed by atoms with van der Waals surface area (Å²) >= 11 is 5.77. The smallest absolute Gasteiger partial charge is 0.253 e. The average molecular weight is 438 g/mol. The van der Waals surface area contributed by atoms with E-state index in [0.29, 0.717) is 29.8 Å². The van der Waals surface area contributed by atoms with Gasteiger partial charge in [-0.3, -0.25) is 4.79 Å². The fourth-order valence-electron chi connectivity index (χ4n) is 4.22. The van der Waals surface area contributed by atoms with Crippen LogP contribution in [-0.2, 0) is 13.1 Å².